The van der Waals surface area contributed by atoms with E-state index in [2.05, 4.69) is 16.6 Å². The van der Waals surface area contributed by atoms with Crippen LogP contribution in [0.15, 0.2) is 24.3 Å². The Labute approximate surface area is 121 Å². The van der Waals surface area contributed by atoms with Crippen LogP contribution >= 0.6 is 0 Å². The summed E-state index contributed by atoms with van der Waals surface area (Å²) in [5.74, 6) is 5.44. The van der Waals surface area contributed by atoms with Gasteiger partial charge in [-0.2, -0.15) is 0 Å². The zero-order valence-corrected chi connectivity index (χ0v) is 12.9. The lowest BCUT2D eigenvalue weighted by atomic mass is 10.0. The summed E-state index contributed by atoms with van der Waals surface area (Å²) in [4.78, 5) is 0. The number of aliphatic hydroxyl groups excluding tert-OH is 1. The molecule has 0 atom stereocenters. The second-order valence-electron chi connectivity index (χ2n) is 5.80. The van der Waals surface area contributed by atoms with E-state index in [1.807, 2.05) is 32.9 Å². The molecule has 110 valence electrons. The van der Waals surface area contributed by atoms with Crippen LogP contribution in [0.3, 0.4) is 0 Å². The highest BCUT2D eigenvalue weighted by molar-refractivity contribution is 7.89. The van der Waals surface area contributed by atoms with Crippen molar-refractivity contribution in [3.63, 3.8) is 0 Å². The lowest BCUT2D eigenvalue weighted by molar-refractivity contribution is 0.350. The van der Waals surface area contributed by atoms with E-state index in [1.165, 1.54) is 0 Å². The smallest absolute Gasteiger partial charge is 0.212 e. The van der Waals surface area contributed by atoms with Gasteiger partial charge >= 0.3 is 0 Å². The zero-order valence-electron chi connectivity index (χ0n) is 12.1. The summed E-state index contributed by atoms with van der Waals surface area (Å²) in [6.45, 7) is 5.77. The van der Waals surface area contributed by atoms with E-state index in [0.717, 1.165) is 11.1 Å². The van der Waals surface area contributed by atoms with Crippen molar-refractivity contribution in [2.24, 2.45) is 5.41 Å². The van der Waals surface area contributed by atoms with E-state index >= 15 is 0 Å². The Morgan fingerprint density at radius 1 is 1.20 bits per heavy atom. The molecule has 0 aliphatic rings. The first-order chi connectivity index (χ1) is 9.22. The molecule has 5 heteroatoms. The van der Waals surface area contributed by atoms with Gasteiger partial charge < -0.3 is 5.11 Å². The molecule has 0 aliphatic carbocycles. The summed E-state index contributed by atoms with van der Waals surface area (Å²) >= 11 is 0. The van der Waals surface area contributed by atoms with Gasteiger partial charge in [-0.3, -0.25) is 0 Å². The summed E-state index contributed by atoms with van der Waals surface area (Å²) < 4.78 is 26.3. The minimum atomic E-state index is -3.27. The van der Waals surface area contributed by atoms with E-state index in [9.17, 15) is 8.42 Å². The fourth-order valence-electron chi connectivity index (χ4n) is 1.66. The molecular formula is C15H21NO3S. The first-order valence-corrected chi connectivity index (χ1v) is 8.03. The third-order valence-corrected chi connectivity index (χ3v) is 4.22. The fraction of sp³-hybridized carbons (Fsp3) is 0.467. The molecule has 0 unspecified atom stereocenters. The second-order valence-corrected chi connectivity index (χ2v) is 7.60. The Morgan fingerprint density at radius 3 is 2.30 bits per heavy atom. The standard InChI is InChI=1S/C15H21NO3S/c1-15(2,3)12-20(18,19)16-11-14-8-6-13(7-9-14)5-4-10-17/h6-9,16-17H,10-12H2,1-3H3. The molecule has 20 heavy (non-hydrogen) atoms. The van der Waals surface area contributed by atoms with Crippen LogP contribution in [0.4, 0.5) is 0 Å². The highest BCUT2D eigenvalue weighted by Crippen LogP contribution is 2.15. The third-order valence-electron chi connectivity index (χ3n) is 2.38. The highest BCUT2D eigenvalue weighted by Gasteiger charge is 2.20. The highest BCUT2D eigenvalue weighted by atomic mass is 32.2. The first-order valence-electron chi connectivity index (χ1n) is 6.38. The molecule has 0 radical (unpaired) electrons. The quantitative estimate of drug-likeness (QED) is 0.827. The molecule has 0 fully saturated rings. The Hall–Kier alpha value is -1.35. The van der Waals surface area contributed by atoms with E-state index in [4.69, 9.17) is 5.11 Å². The second kappa shape index (κ2) is 6.89. The number of sulfonamides is 1. The maximum Gasteiger partial charge on any atom is 0.212 e. The van der Waals surface area contributed by atoms with Crippen LogP contribution in [0.5, 0.6) is 0 Å². The molecule has 0 heterocycles. The molecule has 0 saturated carbocycles. The van der Waals surface area contributed by atoms with Gasteiger partial charge in [0.25, 0.3) is 0 Å². The van der Waals surface area contributed by atoms with Crippen LogP contribution in [0.1, 0.15) is 31.9 Å². The topological polar surface area (TPSA) is 66.4 Å². The number of hydrogen-bond donors (Lipinski definition) is 2. The van der Waals surface area contributed by atoms with E-state index in [1.54, 1.807) is 12.1 Å². The van der Waals surface area contributed by atoms with Gasteiger partial charge in [-0.25, -0.2) is 13.1 Å². The van der Waals surface area contributed by atoms with Crippen molar-refractivity contribution in [2.45, 2.75) is 27.3 Å². The Balaban J connectivity index is 2.62. The van der Waals surface area contributed by atoms with Gasteiger partial charge in [0, 0.05) is 12.1 Å². The SMILES string of the molecule is CC(C)(C)CS(=O)(=O)NCc1ccc(C#CCO)cc1. The molecule has 2 N–H and O–H groups in total. The van der Waals surface area contributed by atoms with Crippen molar-refractivity contribution < 1.29 is 13.5 Å². The number of nitrogens with one attached hydrogen (secondary N) is 1. The lowest BCUT2D eigenvalue weighted by Gasteiger charge is -2.18. The molecule has 0 spiro atoms. The molecule has 1 aromatic carbocycles. The number of aliphatic hydroxyl groups is 1. The Bertz CT molecular complexity index is 587. The lowest BCUT2D eigenvalue weighted by Crippen LogP contribution is -2.31. The van der Waals surface area contributed by atoms with Crippen molar-refractivity contribution in [2.75, 3.05) is 12.4 Å². The van der Waals surface area contributed by atoms with Crippen molar-refractivity contribution in [1.82, 2.24) is 4.72 Å². The molecular weight excluding hydrogens is 274 g/mol. The first kappa shape index (κ1) is 16.7. The molecule has 0 aliphatic heterocycles. The van der Waals surface area contributed by atoms with Crippen molar-refractivity contribution >= 4 is 10.0 Å². The van der Waals surface area contributed by atoms with Crippen molar-refractivity contribution in [3.05, 3.63) is 35.4 Å². The summed E-state index contributed by atoms with van der Waals surface area (Å²) in [6.07, 6.45) is 0. The average molecular weight is 295 g/mol. The predicted molar refractivity (Wildman–Crippen MR) is 80.5 cm³/mol. The van der Waals surface area contributed by atoms with Gasteiger partial charge in [-0.15, -0.1) is 0 Å². The average Bonchev–Trinajstić information content (AvgIpc) is 2.32. The van der Waals surface area contributed by atoms with Gasteiger partial charge in [0.15, 0.2) is 0 Å². The summed E-state index contributed by atoms with van der Waals surface area (Å²) in [5, 5.41) is 8.60. The summed E-state index contributed by atoms with van der Waals surface area (Å²) in [6, 6.07) is 7.24. The Morgan fingerprint density at radius 2 is 1.80 bits per heavy atom. The van der Waals surface area contributed by atoms with Crippen LogP contribution in [-0.2, 0) is 16.6 Å². The van der Waals surface area contributed by atoms with Crippen LogP contribution in [0.25, 0.3) is 0 Å². The van der Waals surface area contributed by atoms with E-state index in [0.29, 0.717) is 0 Å². The number of hydrogen-bond acceptors (Lipinski definition) is 3. The maximum absolute atomic E-state index is 11.9. The minimum absolute atomic E-state index is 0.0973. The van der Waals surface area contributed by atoms with Crippen LogP contribution in [0.2, 0.25) is 0 Å². The predicted octanol–water partition coefficient (Wildman–Crippen LogP) is 1.50. The molecule has 0 aromatic heterocycles. The molecule has 1 rings (SSSR count). The fourth-order valence-corrected chi connectivity index (χ4v) is 3.29. The van der Waals surface area contributed by atoms with Crippen molar-refractivity contribution in [3.8, 4) is 11.8 Å². The van der Waals surface area contributed by atoms with Gasteiger partial charge in [-0.05, 0) is 23.1 Å². The van der Waals surface area contributed by atoms with Gasteiger partial charge in [-0.1, -0.05) is 44.7 Å². The van der Waals surface area contributed by atoms with Crippen LogP contribution in [0, 0.1) is 17.3 Å². The van der Waals surface area contributed by atoms with Gasteiger partial charge in [0.05, 0.1) is 5.75 Å². The van der Waals surface area contributed by atoms with Gasteiger partial charge in [0.1, 0.15) is 6.61 Å². The number of benzene rings is 1. The maximum atomic E-state index is 11.9. The summed E-state index contributed by atoms with van der Waals surface area (Å²) in [7, 11) is -3.27. The largest absolute Gasteiger partial charge is 0.384 e. The molecule has 0 saturated heterocycles. The van der Waals surface area contributed by atoms with E-state index in [-0.39, 0.29) is 24.3 Å². The normalized spacial score (nSPS) is 11.8. The monoisotopic (exact) mass is 295 g/mol. The number of rotatable bonds is 4. The summed E-state index contributed by atoms with van der Waals surface area (Å²) in [5.41, 5.74) is 1.40. The Kier molecular flexibility index (Phi) is 5.75. The van der Waals surface area contributed by atoms with Crippen LogP contribution in [-0.4, -0.2) is 25.9 Å². The van der Waals surface area contributed by atoms with Crippen molar-refractivity contribution in [1.29, 1.82) is 0 Å². The zero-order chi connectivity index (χ0) is 15.2. The molecule has 1 aromatic rings. The molecule has 0 bridgehead atoms. The molecule has 4 nitrogen and oxygen atoms in total. The van der Waals surface area contributed by atoms with Crippen LogP contribution < -0.4 is 4.72 Å². The van der Waals surface area contributed by atoms with E-state index < -0.39 is 10.0 Å². The molecule has 0 amide bonds. The van der Waals surface area contributed by atoms with Gasteiger partial charge in [0.2, 0.25) is 10.0 Å². The minimum Gasteiger partial charge on any atom is -0.384 e. The third kappa shape index (κ3) is 6.71.